The maximum atomic E-state index is 5.99. The summed E-state index contributed by atoms with van der Waals surface area (Å²) in [5.74, 6) is 2.53. The van der Waals surface area contributed by atoms with Crippen molar-refractivity contribution >= 4 is 0 Å². The molecule has 1 aromatic rings. The molecule has 2 nitrogen and oxygen atoms in total. The molecular formula is C15H20O2. The fourth-order valence-electron chi connectivity index (χ4n) is 2.26. The van der Waals surface area contributed by atoms with Gasteiger partial charge in [0.05, 0.1) is 12.7 Å². The SMILES string of the molecule is CC(C)c1cc2c(c(OC3CC3)c1)OCCC2. The molecule has 1 aliphatic carbocycles. The average molecular weight is 232 g/mol. The Morgan fingerprint density at radius 3 is 2.82 bits per heavy atom. The highest BCUT2D eigenvalue weighted by atomic mass is 16.5. The number of aryl methyl sites for hydroxylation is 1. The Balaban J connectivity index is 1.99. The second kappa shape index (κ2) is 4.25. The molecule has 1 aliphatic heterocycles. The van der Waals surface area contributed by atoms with Crippen molar-refractivity contribution in [2.24, 2.45) is 0 Å². The third-order valence-corrected chi connectivity index (χ3v) is 3.48. The van der Waals surface area contributed by atoms with E-state index in [1.54, 1.807) is 0 Å². The normalized spacial score (nSPS) is 18.8. The standard InChI is InChI=1S/C15H20O2/c1-10(2)12-8-11-4-3-7-16-15(11)14(9-12)17-13-5-6-13/h8-10,13H,3-7H2,1-2H3. The molecule has 1 aromatic carbocycles. The monoisotopic (exact) mass is 232 g/mol. The maximum absolute atomic E-state index is 5.99. The number of ether oxygens (including phenoxy) is 2. The topological polar surface area (TPSA) is 18.5 Å². The summed E-state index contributed by atoms with van der Waals surface area (Å²) in [6, 6.07) is 4.46. The van der Waals surface area contributed by atoms with E-state index in [2.05, 4.69) is 26.0 Å². The first-order valence-electron chi connectivity index (χ1n) is 6.70. The summed E-state index contributed by atoms with van der Waals surface area (Å²) in [4.78, 5) is 0. The minimum atomic E-state index is 0.437. The minimum absolute atomic E-state index is 0.437. The van der Waals surface area contributed by atoms with Gasteiger partial charge >= 0.3 is 0 Å². The lowest BCUT2D eigenvalue weighted by Crippen LogP contribution is -2.11. The van der Waals surface area contributed by atoms with E-state index in [1.807, 2.05) is 0 Å². The quantitative estimate of drug-likeness (QED) is 0.791. The third-order valence-electron chi connectivity index (χ3n) is 3.48. The summed E-state index contributed by atoms with van der Waals surface area (Å²) in [6.45, 7) is 5.29. The molecule has 0 atom stereocenters. The van der Waals surface area contributed by atoms with Crippen molar-refractivity contribution in [3.05, 3.63) is 23.3 Å². The van der Waals surface area contributed by atoms with Gasteiger partial charge in [0.2, 0.25) is 0 Å². The largest absolute Gasteiger partial charge is 0.489 e. The molecule has 0 spiro atoms. The molecule has 0 radical (unpaired) electrons. The van der Waals surface area contributed by atoms with Gasteiger partial charge in [-0.15, -0.1) is 0 Å². The molecule has 2 aliphatic rings. The van der Waals surface area contributed by atoms with Crippen LogP contribution >= 0.6 is 0 Å². The van der Waals surface area contributed by atoms with Crippen LogP contribution in [0.25, 0.3) is 0 Å². The zero-order valence-corrected chi connectivity index (χ0v) is 10.7. The van der Waals surface area contributed by atoms with Gasteiger partial charge in [0.1, 0.15) is 0 Å². The van der Waals surface area contributed by atoms with Crippen LogP contribution in [0, 0.1) is 0 Å². The molecule has 92 valence electrons. The van der Waals surface area contributed by atoms with Crippen LogP contribution in [-0.2, 0) is 6.42 Å². The van der Waals surface area contributed by atoms with Crippen molar-refractivity contribution in [1.82, 2.24) is 0 Å². The van der Waals surface area contributed by atoms with Gasteiger partial charge in [-0.05, 0) is 48.8 Å². The zero-order chi connectivity index (χ0) is 11.8. The minimum Gasteiger partial charge on any atom is -0.489 e. The van der Waals surface area contributed by atoms with Crippen molar-refractivity contribution in [3.63, 3.8) is 0 Å². The highest BCUT2D eigenvalue weighted by molar-refractivity contribution is 5.51. The Hall–Kier alpha value is -1.18. The lowest BCUT2D eigenvalue weighted by Gasteiger charge is -2.22. The Kier molecular flexibility index (Phi) is 2.73. The van der Waals surface area contributed by atoms with Crippen molar-refractivity contribution in [2.45, 2.75) is 51.6 Å². The highest BCUT2D eigenvalue weighted by Crippen LogP contribution is 2.40. The molecule has 0 aromatic heterocycles. The van der Waals surface area contributed by atoms with Gasteiger partial charge in [0, 0.05) is 0 Å². The summed E-state index contributed by atoms with van der Waals surface area (Å²) in [5, 5.41) is 0. The van der Waals surface area contributed by atoms with Crippen LogP contribution in [0.1, 0.15) is 50.2 Å². The Bertz CT molecular complexity index is 419. The Morgan fingerprint density at radius 2 is 2.12 bits per heavy atom. The van der Waals surface area contributed by atoms with Crippen LogP contribution < -0.4 is 9.47 Å². The summed E-state index contributed by atoms with van der Waals surface area (Å²) in [6.07, 6.45) is 5.07. The maximum Gasteiger partial charge on any atom is 0.164 e. The molecule has 1 fully saturated rings. The molecule has 1 heterocycles. The summed E-state index contributed by atoms with van der Waals surface area (Å²) < 4.78 is 11.8. The molecule has 0 N–H and O–H groups in total. The fourth-order valence-corrected chi connectivity index (χ4v) is 2.26. The second-order valence-electron chi connectivity index (χ2n) is 5.43. The predicted octanol–water partition coefficient (Wildman–Crippen LogP) is 3.68. The average Bonchev–Trinajstić information content (AvgIpc) is 3.13. The van der Waals surface area contributed by atoms with Crippen molar-refractivity contribution in [1.29, 1.82) is 0 Å². The van der Waals surface area contributed by atoms with E-state index < -0.39 is 0 Å². The molecule has 0 bridgehead atoms. The van der Waals surface area contributed by atoms with E-state index in [-0.39, 0.29) is 0 Å². The van der Waals surface area contributed by atoms with Gasteiger partial charge in [0.15, 0.2) is 11.5 Å². The number of hydrogen-bond donors (Lipinski definition) is 0. The number of hydrogen-bond acceptors (Lipinski definition) is 2. The fraction of sp³-hybridized carbons (Fsp3) is 0.600. The Labute approximate surface area is 103 Å². The van der Waals surface area contributed by atoms with Gasteiger partial charge in [-0.25, -0.2) is 0 Å². The van der Waals surface area contributed by atoms with Crippen LogP contribution in [0.3, 0.4) is 0 Å². The van der Waals surface area contributed by atoms with E-state index in [4.69, 9.17) is 9.47 Å². The first kappa shape index (κ1) is 10.9. The van der Waals surface area contributed by atoms with Gasteiger partial charge < -0.3 is 9.47 Å². The molecule has 3 rings (SSSR count). The molecule has 0 amide bonds. The number of benzene rings is 1. The van der Waals surface area contributed by atoms with E-state index in [0.717, 1.165) is 30.9 Å². The lowest BCUT2D eigenvalue weighted by molar-refractivity contribution is 0.244. The summed E-state index contributed by atoms with van der Waals surface area (Å²) in [7, 11) is 0. The molecule has 0 unspecified atom stereocenters. The van der Waals surface area contributed by atoms with Crippen LogP contribution in [0.5, 0.6) is 11.5 Å². The van der Waals surface area contributed by atoms with Crippen molar-refractivity contribution < 1.29 is 9.47 Å². The molecular weight excluding hydrogens is 212 g/mol. The van der Waals surface area contributed by atoms with Crippen LogP contribution in [0.2, 0.25) is 0 Å². The van der Waals surface area contributed by atoms with Crippen molar-refractivity contribution in [2.75, 3.05) is 6.61 Å². The number of rotatable bonds is 3. The zero-order valence-electron chi connectivity index (χ0n) is 10.7. The highest BCUT2D eigenvalue weighted by Gasteiger charge is 2.27. The second-order valence-corrected chi connectivity index (χ2v) is 5.43. The third kappa shape index (κ3) is 2.26. The molecule has 0 saturated heterocycles. The molecule has 17 heavy (non-hydrogen) atoms. The summed E-state index contributed by atoms with van der Waals surface area (Å²) in [5.41, 5.74) is 2.70. The molecule has 2 heteroatoms. The Morgan fingerprint density at radius 1 is 1.29 bits per heavy atom. The van der Waals surface area contributed by atoms with Crippen LogP contribution in [-0.4, -0.2) is 12.7 Å². The molecule has 1 saturated carbocycles. The predicted molar refractivity (Wildman–Crippen MR) is 68.0 cm³/mol. The summed E-state index contributed by atoms with van der Waals surface area (Å²) >= 11 is 0. The van der Waals surface area contributed by atoms with Gasteiger partial charge in [-0.2, -0.15) is 0 Å². The van der Waals surface area contributed by atoms with Gasteiger partial charge in [-0.1, -0.05) is 19.9 Å². The van der Waals surface area contributed by atoms with E-state index in [0.29, 0.717) is 12.0 Å². The van der Waals surface area contributed by atoms with Crippen molar-refractivity contribution in [3.8, 4) is 11.5 Å². The number of fused-ring (bicyclic) bond motifs is 1. The van der Waals surface area contributed by atoms with Crippen LogP contribution in [0.15, 0.2) is 12.1 Å². The van der Waals surface area contributed by atoms with E-state index in [9.17, 15) is 0 Å². The van der Waals surface area contributed by atoms with Gasteiger partial charge in [-0.3, -0.25) is 0 Å². The smallest absolute Gasteiger partial charge is 0.164 e. The lowest BCUT2D eigenvalue weighted by atomic mass is 9.96. The van der Waals surface area contributed by atoms with E-state index in [1.165, 1.54) is 24.0 Å². The first-order chi connectivity index (χ1) is 8.24. The first-order valence-corrected chi connectivity index (χ1v) is 6.70. The van der Waals surface area contributed by atoms with Gasteiger partial charge in [0.25, 0.3) is 0 Å². The van der Waals surface area contributed by atoms with E-state index >= 15 is 0 Å². The van der Waals surface area contributed by atoms with Crippen LogP contribution in [0.4, 0.5) is 0 Å².